The summed E-state index contributed by atoms with van der Waals surface area (Å²) in [6, 6.07) is 14.7. The van der Waals surface area contributed by atoms with E-state index in [1.165, 1.54) is 17.3 Å². The van der Waals surface area contributed by atoms with E-state index in [0.717, 1.165) is 35.8 Å². The number of carbonyl (C=O) groups excluding carboxylic acids is 1. The Kier molecular flexibility index (Phi) is 6.47. The molecule has 3 aromatic rings. The number of benzene rings is 1. The summed E-state index contributed by atoms with van der Waals surface area (Å²) in [5.74, 6) is 1.18. The summed E-state index contributed by atoms with van der Waals surface area (Å²) in [5, 5.41) is 12.5. The number of carbonyl (C=O) groups is 1. The number of aromatic nitrogens is 4. The number of rotatable bonds is 9. The molecule has 1 fully saturated rings. The number of hydrogen-bond acceptors (Lipinski definition) is 5. The molecule has 2 atom stereocenters. The van der Waals surface area contributed by atoms with Gasteiger partial charge < -0.3 is 5.32 Å². The van der Waals surface area contributed by atoms with Crippen LogP contribution in [0.5, 0.6) is 0 Å². The van der Waals surface area contributed by atoms with Crippen molar-refractivity contribution in [3.63, 3.8) is 0 Å². The van der Waals surface area contributed by atoms with Gasteiger partial charge in [0.2, 0.25) is 5.91 Å². The number of hydrogen-bond donors (Lipinski definition) is 1. The molecular weight excluding hydrogens is 394 g/mol. The van der Waals surface area contributed by atoms with Crippen molar-refractivity contribution in [1.29, 1.82) is 0 Å². The molecule has 1 N–H and O–H groups in total. The van der Waals surface area contributed by atoms with Crippen LogP contribution in [0.2, 0.25) is 0 Å². The molecule has 1 saturated carbocycles. The van der Waals surface area contributed by atoms with Gasteiger partial charge in [-0.2, -0.15) is 0 Å². The van der Waals surface area contributed by atoms with E-state index >= 15 is 0 Å². The molecule has 2 heterocycles. The molecule has 0 unspecified atom stereocenters. The third-order valence-electron chi connectivity index (χ3n) is 5.43. The number of amides is 1. The van der Waals surface area contributed by atoms with Crippen LogP contribution in [0.3, 0.4) is 0 Å². The van der Waals surface area contributed by atoms with Crippen LogP contribution in [0.15, 0.2) is 60.0 Å². The summed E-state index contributed by atoms with van der Waals surface area (Å²) >= 11 is 1.47. The predicted molar refractivity (Wildman–Crippen MR) is 119 cm³/mol. The van der Waals surface area contributed by atoms with Gasteiger partial charge in [-0.3, -0.25) is 14.3 Å². The first-order valence-corrected chi connectivity index (χ1v) is 11.4. The van der Waals surface area contributed by atoms with Crippen molar-refractivity contribution in [1.82, 2.24) is 25.1 Å². The highest BCUT2D eigenvalue weighted by atomic mass is 32.2. The molecule has 156 valence electrons. The molecule has 7 heteroatoms. The lowest BCUT2D eigenvalue weighted by molar-refractivity contribution is -0.120. The summed E-state index contributed by atoms with van der Waals surface area (Å²) in [6.07, 6.45) is 6.78. The summed E-state index contributed by atoms with van der Waals surface area (Å²) in [7, 11) is 0. The van der Waals surface area contributed by atoms with E-state index in [1.54, 1.807) is 6.20 Å². The Labute approximate surface area is 181 Å². The lowest BCUT2D eigenvalue weighted by atomic mass is 9.96. The van der Waals surface area contributed by atoms with Gasteiger partial charge in [-0.05, 0) is 43.9 Å². The van der Waals surface area contributed by atoms with Gasteiger partial charge in [0.05, 0.1) is 5.25 Å². The largest absolute Gasteiger partial charge is 0.355 e. The fourth-order valence-corrected chi connectivity index (χ4v) is 4.46. The predicted octanol–water partition coefficient (Wildman–Crippen LogP) is 4.47. The topological polar surface area (TPSA) is 72.7 Å². The summed E-state index contributed by atoms with van der Waals surface area (Å²) < 4.78 is 2.17. The lowest BCUT2D eigenvalue weighted by Crippen LogP contribution is -2.34. The quantitative estimate of drug-likeness (QED) is 0.516. The molecule has 4 rings (SSSR count). The third kappa shape index (κ3) is 4.73. The molecule has 1 aromatic carbocycles. The fraction of sp³-hybridized carbons (Fsp3) is 0.391. The smallest absolute Gasteiger partial charge is 0.233 e. The van der Waals surface area contributed by atoms with Crippen molar-refractivity contribution in [3.8, 4) is 11.4 Å². The maximum absolute atomic E-state index is 12.8. The van der Waals surface area contributed by atoms with Crippen LogP contribution in [0.1, 0.15) is 50.6 Å². The van der Waals surface area contributed by atoms with E-state index in [9.17, 15) is 4.79 Å². The zero-order valence-electron chi connectivity index (χ0n) is 17.4. The molecular formula is C23H27N5OS. The van der Waals surface area contributed by atoms with Gasteiger partial charge in [0.15, 0.2) is 11.0 Å². The summed E-state index contributed by atoms with van der Waals surface area (Å²) in [6.45, 7) is 4.72. The number of nitrogens with zero attached hydrogens (tertiary/aromatic N) is 4. The van der Waals surface area contributed by atoms with Gasteiger partial charge in [-0.25, -0.2) is 0 Å². The Morgan fingerprint density at radius 3 is 2.67 bits per heavy atom. The summed E-state index contributed by atoms with van der Waals surface area (Å²) in [4.78, 5) is 17.0. The maximum atomic E-state index is 12.8. The zero-order valence-corrected chi connectivity index (χ0v) is 18.2. The van der Waals surface area contributed by atoms with E-state index < -0.39 is 0 Å². The first kappa shape index (κ1) is 20.6. The van der Waals surface area contributed by atoms with E-state index in [1.807, 2.05) is 43.5 Å². The van der Waals surface area contributed by atoms with Crippen LogP contribution in [0.25, 0.3) is 11.4 Å². The van der Waals surface area contributed by atoms with E-state index in [-0.39, 0.29) is 11.2 Å². The molecule has 2 aromatic heterocycles. The Morgan fingerprint density at radius 1 is 1.20 bits per heavy atom. The van der Waals surface area contributed by atoms with Crippen molar-refractivity contribution >= 4 is 17.7 Å². The minimum atomic E-state index is -0.248. The second kappa shape index (κ2) is 9.43. The highest BCUT2D eigenvalue weighted by Gasteiger charge is 2.31. The van der Waals surface area contributed by atoms with Gasteiger partial charge in [-0.1, -0.05) is 49.0 Å². The number of thioether (sulfide) groups is 1. The van der Waals surface area contributed by atoms with Gasteiger partial charge >= 0.3 is 0 Å². The lowest BCUT2D eigenvalue weighted by Gasteiger charge is -2.18. The minimum absolute atomic E-state index is 0.0302. The van der Waals surface area contributed by atoms with Crippen molar-refractivity contribution in [3.05, 3.63) is 60.4 Å². The maximum Gasteiger partial charge on any atom is 0.233 e. The average Bonchev–Trinajstić information content (AvgIpc) is 3.55. The van der Waals surface area contributed by atoms with E-state index in [2.05, 4.69) is 44.1 Å². The van der Waals surface area contributed by atoms with Crippen molar-refractivity contribution in [2.45, 2.75) is 55.5 Å². The van der Waals surface area contributed by atoms with Crippen LogP contribution >= 0.6 is 11.8 Å². The molecule has 30 heavy (non-hydrogen) atoms. The minimum Gasteiger partial charge on any atom is -0.355 e. The molecule has 0 spiro atoms. The molecule has 0 radical (unpaired) electrons. The van der Waals surface area contributed by atoms with Gasteiger partial charge in [0.1, 0.15) is 0 Å². The zero-order chi connectivity index (χ0) is 20.9. The first-order chi connectivity index (χ1) is 14.7. The molecule has 1 aliphatic rings. The highest BCUT2D eigenvalue weighted by molar-refractivity contribution is 8.00. The van der Waals surface area contributed by atoms with Crippen LogP contribution in [0.4, 0.5) is 0 Å². The van der Waals surface area contributed by atoms with E-state index in [4.69, 9.17) is 0 Å². The van der Waals surface area contributed by atoms with Gasteiger partial charge in [0, 0.05) is 36.5 Å². The first-order valence-electron chi connectivity index (χ1n) is 10.5. The van der Waals surface area contributed by atoms with Gasteiger partial charge in [-0.15, -0.1) is 10.2 Å². The Morgan fingerprint density at radius 2 is 2.00 bits per heavy atom. The SMILES string of the molecule is CC[C@H](CNC(=O)[C@H](C)Sc1nnc(-c2cccnc2)n1C1CC1)c1ccccc1. The number of pyridine rings is 1. The Bertz CT molecular complexity index is 972. The summed E-state index contributed by atoms with van der Waals surface area (Å²) in [5.41, 5.74) is 2.21. The Hall–Kier alpha value is -2.67. The monoisotopic (exact) mass is 421 g/mol. The van der Waals surface area contributed by atoms with Crippen molar-refractivity contribution in [2.75, 3.05) is 6.54 Å². The van der Waals surface area contributed by atoms with Crippen LogP contribution in [-0.2, 0) is 4.79 Å². The second-order valence-electron chi connectivity index (χ2n) is 7.67. The van der Waals surface area contributed by atoms with E-state index in [0.29, 0.717) is 18.5 Å². The third-order valence-corrected chi connectivity index (χ3v) is 6.49. The second-order valence-corrected chi connectivity index (χ2v) is 8.98. The standard InChI is InChI=1S/C23H27N5OS/c1-3-17(18-8-5-4-6-9-18)15-25-22(29)16(2)30-23-27-26-21(28(23)20-11-12-20)19-10-7-13-24-14-19/h4-10,13-14,16-17,20H,3,11-12,15H2,1-2H3,(H,25,29)/t16-,17+/m0/s1. The molecule has 6 nitrogen and oxygen atoms in total. The fourth-order valence-electron chi connectivity index (χ4n) is 3.51. The van der Waals surface area contributed by atoms with Crippen molar-refractivity contribution < 1.29 is 4.79 Å². The molecule has 0 aliphatic heterocycles. The Balaban J connectivity index is 1.42. The number of nitrogens with one attached hydrogen (secondary N) is 1. The molecule has 1 amide bonds. The molecule has 1 aliphatic carbocycles. The molecule has 0 bridgehead atoms. The average molecular weight is 422 g/mol. The van der Waals surface area contributed by atoms with Crippen molar-refractivity contribution in [2.24, 2.45) is 0 Å². The molecule has 0 saturated heterocycles. The highest BCUT2D eigenvalue weighted by Crippen LogP contribution is 2.41. The van der Waals surface area contributed by atoms with Gasteiger partial charge in [0.25, 0.3) is 0 Å². The van der Waals surface area contributed by atoms with Crippen LogP contribution < -0.4 is 5.32 Å². The van der Waals surface area contributed by atoms with Crippen LogP contribution in [0, 0.1) is 0 Å². The normalized spacial score (nSPS) is 15.5. The van der Waals surface area contributed by atoms with Crippen LogP contribution in [-0.4, -0.2) is 37.5 Å².